The first-order chi connectivity index (χ1) is 14.6. The highest BCUT2D eigenvalue weighted by Gasteiger charge is 2.24. The molecule has 1 unspecified atom stereocenters. The van der Waals surface area contributed by atoms with Crippen LogP contribution in [0.1, 0.15) is 36.0 Å². The summed E-state index contributed by atoms with van der Waals surface area (Å²) in [5.41, 5.74) is 6.92. The molecule has 3 aromatic rings. The number of hydrazone groups is 1. The van der Waals surface area contributed by atoms with Crippen LogP contribution in [0.4, 0.5) is 5.69 Å². The zero-order valence-electron chi connectivity index (χ0n) is 16.7. The van der Waals surface area contributed by atoms with Gasteiger partial charge < -0.3 is 5.32 Å². The summed E-state index contributed by atoms with van der Waals surface area (Å²) < 4.78 is 0. The Bertz CT molecular complexity index is 1020. The third-order valence-electron chi connectivity index (χ3n) is 5.24. The third-order valence-corrected chi connectivity index (χ3v) is 5.24. The number of benzene rings is 3. The van der Waals surface area contributed by atoms with Crippen LogP contribution in [-0.2, 0) is 9.59 Å². The van der Waals surface area contributed by atoms with Gasteiger partial charge in [-0.05, 0) is 28.8 Å². The van der Waals surface area contributed by atoms with Crippen molar-refractivity contribution in [1.82, 2.24) is 5.43 Å². The minimum absolute atomic E-state index is 0.0553. The molecule has 1 aliphatic heterocycles. The van der Waals surface area contributed by atoms with Crippen molar-refractivity contribution >= 4 is 23.2 Å². The van der Waals surface area contributed by atoms with E-state index < -0.39 is 5.92 Å². The Morgan fingerprint density at radius 1 is 0.933 bits per heavy atom. The van der Waals surface area contributed by atoms with Crippen molar-refractivity contribution in [3.05, 3.63) is 102 Å². The van der Waals surface area contributed by atoms with Crippen LogP contribution in [0.3, 0.4) is 0 Å². The van der Waals surface area contributed by atoms with E-state index in [1.807, 2.05) is 91.9 Å². The molecule has 2 amide bonds. The van der Waals surface area contributed by atoms with E-state index in [0.29, 0.717) is 12.1 Å². The number of anilines is 1. The highest BCUT2D eigenvalue weighted by Crippen LogP contribution is 2.26. The fraction of sp³-hybridized carbons (Fsp3) is 0.160. The summed E-state index contributed by atoms with van der Waals surface area (Å²) in [6.45, 7) is 1.98. The molecule has 1 aliphatic rings. The van der Waals surface area contributed by atoms with Gasteiger partial charge in [0, 0.05) is 18.0 Å². The van der Waals surface area contributed by atoms with Gasteiger partial charge in [-0.25, -0.2) is 5.43 Å². The molecule has 0 radical (unpaired) electrons. The maximum absolute atomic E-state index is 13.2. The zero-order chi connectivity index (χ0) is 20.9. The van der Waals surface area contributed by atoms with E-state index in [9.17, 15) is 9.59 Å². The monoisotopic (exact) mass is 397 g/mol. The minimum atomic E-state index is -0.398. The predicted molar refractivity (Wildman–Crippen MR) is 118 cm³/mol. The van der Waals surface area contributed by atoms with Gasteiger partial charge in [0.1, 0.15) is 0 Å². The second-order valence-electron chi connectivity index (χ2n) is 7.46. The lowest BCUT2D eigenvalue weighted by atomic mass is 9.90. The van der Waals surface area contributed by atoms with Crippen molar-refractivity contribution in [3.8, 4) is 0 Å². The van der Waals surface area contributed by atoms with Gasteiger partial charge in [0.15, 0.2) is 0 Å². The highest BCUT2D eigenvalue weighted by atomic mass is 16.2. The fourth-order valence-electron chi connectivity index (χ4n) is 3.73. The standard InChI is InChI=1S/C25H23N3O2/c1-17-16-22(29)27-28-24(17)20-12-14-21(15-13-20)26-25(30)23(18-8-4-2-5-9-18)19-10-6-3-7-11-19/h2-15,17,23H,16H2,1H3,(H,26,30)(H,27,29). The van der Waals surface area contributed by atoms with Crippen molar-refractivity contribution in [3.63, 3.8) is 0 Å². The Kier molecular flexibility index (Phi) is 5.70. The topological polar surface area (TPSA) is 70.6 Å². The van der Waals surface area contributed by atoms with Gasteiger partial charge >= 0.3 is 0 Å². The number of nitrogens with zero attached hydrogens (tertiary/aromatic N) is 1. The summed E-state index contributed by atoms with van der Waals surface area (Å²) in [6.07, 6.45) is 0.424. The van der Waals surface area contributed by atoms with Gasteiger partial charge in [-0.3, -0.25) is 9.59 Å². The smallest absolute Gasteiger partial charge is 0.240 e. The molecule has 0 bridgehead atoms. The van der Waals surface area contributed by atoms with E-state index in [0.717, 1.165) is 22.4 Å². The number of nitrogens with one attached hydrogen (secondary N) is 2. The molecule has 3 aromatic carbocycles. The quantitative estimate of drug-likeness (QED) is 0.673. The van der Waals surface area contributed by atoms with E-state index in [1.165, 1.54) is 0 Å². The molecule has 2 N–H and O–H groups in total. The van der Waals surface area contributed by atoms with Crippen LogP contribution in [-0.4, -0.2) is 17.5 Å². The van der Waals surface area contributed by atoms with Crippen LogP contribution >= 0.6 is 0 Å². The first-order valence-corrected chi connectivity index (χ1v) is 9.99. The number of rotatable bonds is 5. The van der Waals surface area contributed by atoms with Crippen LogP contribution in [0, 0.1) is 5.92 Å². The van der Waals surface area contributed by atoms with Gasteiger partial charge in [-0.15, -0.1) is 0 Å². The predicted octanol–water partition coefficient (Wildman–Crippen LogP) is 4.32. The maximum Gasteiger partial charge on any atom is 0.240 e. The van der Waals surface area contributed by atoms with Crippen molar-refractivity contribution in [1.29, 1.82) is 0 Å². The van der Waals surface area contributed by atoms with Crippen LogP contribution < -0.4 is 10.7 Å². The number of hydrogen-bond acceptors (Lipinski definition) is 3. The molecule has 5 heteroatoms. The van der Waals surface area contributed by atoms with Crippen molar-refractivity contribution in [2.24, 2.45) is 11.0 Å². The van der Waals surface area contributed by atoms with Crippen LogP contribution in [0.2, 0.25) is 0 Å². The van der Waals surface area contributed by atoms with Crippen LogP contribution in [0.5, 0.6) is 0 Å². The van der Waals surface area contributed by atoms with E-state index in [4.69, 9.17) is 0 Å². The number of hydrogen-bond donors (Lipinski definition) is 2. The van der Waals surface area contributed by atoms with Gasteiger partial charge in [0.05, 0.1) is 11.6 Å². The molecule has 30 heavy (non-hydrogen) atoms. The molecule has 1 atom stereocenters. The molecule has 0 saturated heterocycles. The summed E-state index contributed by atoms with van der Waals surface area (Å²) in [6, 6.07) is 27.1. The summed E-state index contributed by atoms with van der Waals surface area (Å²) in [7, 11) is 0. The SMILES string of the molecule is CC1CC(=O)NN=C1c1ccc(NC(=O)C(c2ccccc2)c2ccccc2)cc1. The van der Waals surface area contributed by atoms with E-state index in [2.05, 4.69) is 15.8 Å². The van der Waals surface area contributed by atoms with Crippen LogP contribution in [0.15, 0.2) is 90.0 Å². The number of amides is 2. The number of carbonyl (C=O) groups is 2. The Labute approximate surface area is 175 Å². The van der Waals surface area contributed by atoms with Gasteiger partial charge in [-0.2, -0.15) is 5.10 Å². The van der Waals surface area contributed by atoms with Crippen molar-refractivity contribution in [2.75, 3.05) is 5.32 Å². The minimum Gasteiger partial charge on any atom is -0.325 e. The van der Waals surface area contributed by atoms with Crippen molar-refractivity contribution < 1.29 is 9.59 Å². The fourth-order valence-corrected chi connectivity index (χ4v) is 3.73. The Hall–Kier alpha value is -3.73. The molecule has 0 saturated carbocycles. The molecule has 0 aromatic heterocycles. The molecular weight excluding hydrogens is 374 g/mol. The molecule has 0 aliphatic carbocycles. The van der Waals surface area contributed by atoms with E-state index >= 15 is 0 Å². The summed E-state index contributed by atoms with van der Waals surface area (Å²) in [5, 5.41) is 7.23. The van der Waals surface area contributed by atoms with Gasteiger partial charge in [0.25, 0.3) is 0 Å². The molecule has 4 rings (SSSR count). The molecular formula is C25H23N3O2. The highest BCUT2D eigenvalue weighted by molar-refractivity contribution is 6.06. The van der Waals surface area contributed by atoms with Crippen LogP contribution in [0.25, 0.3) is 0 Å². The first-order valence-electron chi connectivity index (χ1n) is 9.99. The average molecular weight is 397 g/mol. The zero-order valence-corrected chi connectivity index (χ0v) is 16.7. The number of carbonyl (C=O) groups excluding carboxylic acids is 2. The Morgan fingerprint density at radius 3 is 2.03 bits per heavy atom. The lowest BCUT2D eigenvalue weighted by Crippen LogP contribution is -2.31. The second-order valence-corrected chi connectivity index (χ2v) is 7.46. The van der Waals surface area contributed by atoms with Gasteiger partial charge in [-0.1, -0.05) is 79.7 Å². The lowest BCUT2D eigenvalue weighted by Gasteiger charge is -2.20. The average Bonchev–Trinajstić information content (AvgIpc) is 2.76. The molecule has 0 fully saturated rings. The molecule has 0 spiro atoms. The summed E-state index contributed by atoms with van der Waals surface area (Å²) >= 11 is 0. The Morgan fingerprint density at radius 2 is 1.50 bits per heavy atom. The van der Waals surface area contributed by atoms with E-state index in [-0.39, 0.29) is 17.7 Å². The lowest BCUT2D eigenvalue weighted by molar-refractivity contribution is -0.122. The second kappa shape index (κ2) is 8.74. The molecule has 5 nitrogen and oxygen atoms in total. The van der Waals surface area contributed by atoms with E-state index in [1.54, 1.807) is 0 Å². The largest absolute Gasteiger partial charge is 0.325 e. The first kappa shape index (κ1) is 19.6. The molecule has 150 valence electrons. The molecule has 1 heterocycles. The van der Waals surface area contributed by atoms with Crippen molar-refractivity contribution in [2.45, 2.75) is 19.3 Å². The normalized spacial score (nSPS) is 16.0. The summed E-state index contributed by atoms with van der Waals surface area (Å²) in [4.78, 5) is 24.7. The van der Waals surface area contributed by atoms with Gasteiger partial charge in [0.2, 0.25) is 11.8 Å². The Balaban J connectivity index is 1.55. The third kappa shape index (κ3) is 4.30. The maximum atomic E-state index is 13.2. The summed E-state index contributed by atoms with van der Waals surface area (Å²) in [5.74, 6) is -0.497.